The van der Waals surface area contributed by atoms with Crippen molar-refractivity contribution in [1.29, 1.82) is 0 Å². The van der Waals surface area contributed by atoms with Gasteiger partial charge in [-0.15, -0.1) is 0 Å². The summed E-state index contributed by atoms with van der Waals surface area (Å²) in [4.78, 5) is 0.332. The molecule has 0 saturated heterocycles. The van der Waals surface area contributed by atoms with Crippen LogP contribution in [-0.2, 0) is 10.0 Å². The van der Waals surface area contributed by atoms with E-state index in [0.717, 1.165) is 24.3 Å². The molecule has 0 radical (unpaired) electrons. The summed E-state index contributed by atoms with van der Waals surface area (Å²) >= 11 is 1.63. The highest BCUT2D eigenvalue weighted by atomic mass is 32.2. The number of sulfonamides is 1. The van der Waals surface area contributed by atoms with E-state index in [1.54, 1.807) is 30.0 Å². The van der Waals surface area contributed by atoms with Crippen molar-refractivity contribution in [3.8, 4) is 0 Å². The predicted molar refractivity (Wildman–Crippen MR) is 91.3 cm³/mol. The second-order valence-electron chi connectivity index (χ2n) is 5.23. The quantitative estimate of drug-likeness (QED) is 0.731. The molecule has 4 nitrogen and oxygen atoms in total. The van der Waals surface area contributed by atoms with Gasteiger partial charge in [-0.3, -0.25) is 0 Å². The summed E-state index contributed by atoms with van der Waals surface area (Å²) in [6.45, 7) is 6.95. The van der Waals surface area contributed by atoms with Gasteiger partial charge in [-0.25, -0.2) is 13.1 Å². The van der Waals surface area contributed by atoms with Crippen molar-refractivity contribution in [2.75, 3.05) is 18.6 Å². The van der Waals surface area contributed by atoms with Gasteiger partial charge in [-0.2, -0.15) is 11.8 Å². The summed E-state index contributed by atoms with van der Waals surface area (Å²) in [5, 5.41) is 3.37. The molecule has 1 aromatic rings. The highest BCUT2D eigenvalue weighted by Crippen LogP contribution is 2.18. The van der Waals surface area contributed by atoms with Crippen LogP contribution < -0.4 is 10.0 Å². The lowest BCUT2D eigenvalue weighted by molar-refractivity contribution is 0.564. The highest BCUT2D eigenvalue weighted by molar-refractivity contribution is 7.98. The second-order valence-corrected chi connectivity index (χ2v) is 7.85. The molecule has 120 valence electrons. The Hall–Kier alpha value is -0.560. The third-order valence-electron chi connectivity index (χ3n) is 3.14. The van der Waals surface area contributed by atoms with E-state index in [9.17, 15) is 8.42 Å². The lowest BCUT2D eigenvalue weighted by Gasteiger charge is -2.16. The molecule has 0 fully saturated rings. The van der Waals surface area contributed by atoms with Gasteiger partial charge in [0.2, 0.25) is 10.0 Å². The molecule has 0 aliphatic rings. The zero-order chi connectivity index (χ0) is 15.9. The number of hydrogen-bond acceptors (Lipinski definition) is 4. The van der Waals surface area contributed by atoms with E-state index in [1.807, 2.05) is 26.2 Å². The molecule has 0 aromatic heterocycles. The number of rotatable bonds is 9. The molecular formula is C15H26N2O2S2. The molecular weight excluding hydrogens is 304 g/mol. The van der Waals surface area contributed by atoms with E-state index < -0.39 is 10.0 Å². The first-order valence-corrected chi connectivity index (χ1v) is 10.1. The Bertz CT molecular complexity index is 532. The van der Waals surface area contributed by atoms with E-state index in [1.165, 1.54) is 0 Å². The lowest BCUT2D eigenvalue weighted by Crippen LogP contribution is -2.34. The molecule has 2 N–H and O–H groups in total. The second kappa shape index (κ2) is 8.78. The van der Waals surface area contributed by atoms with Crippen LogP contribution in [0.15, 0.2) is 29.2 Å². The standard InChI is InChI=1S/C15H26N2O2S2/c1-5-9-16-13(3)14-7-6-8-15(10-14)21(18,19)17-12(2)11-20-4/h6-8,10,12-13,16-17H,5,9,11H2,1-4H3. The first kappa shape index (κ1) is 18.5. The number of nitrogens with one attached hydrogen (secondary N) is 2. The average molecular weight is 331 g/mol. The summed E-state index contributed by atoms with van der Waals surface area (Å²) in [6.07, 6.45) is 3.02. The van der Waals surface area contributed by atoms with Crippen LogP contribution in [0.3, 0.4) is 0 Å². The minimum Gasteiger partial charge on any atom is -0.310 e. The van der Waals surface area contributed by atoms with E-state index in [0.29, 0.717) is 4.90 Å². The van der Waals surface area contributed by atoms with Crippen LogP contribution in [0.2, 0.25) is 0 Å². The first-order valence-electron chi connectivity index (χ1n) is 7.25. The molecule has 1 rings (SSSR count). The minimum atomic E-state index is -3.45. The summed E-state index contributed by atoms with van der Waals surface area (Å²) < 4.78 is 27.4. The molecule has 0 aliphatic heterocycles. The molecule has 21 heavy (non-hydrogen) atoms. The van der Waals surface area contributed by atoms with Crippen LogP contribution >= 0.6 is 11.8 Å². The number of benzene rings is 1. The van der Waals surface area contributed by atoms with Crippen molar-refractivity contribution in [2.45, 2.75) is 44.2 Å². The van der Waals surface area contributed by atoms with Crippen molar-refractivity contribution in [3.63, 3.8) is 0 Å². The van der Waals surface area contributed by atoms with Gasteiger partial charge in [0.05, 0.1) is 4.90 Å². The maximum Gasteiger partial charge on any atom is 0.240 e. The zero-order valence-electron chi connectivity index (χ0n) is 13.2. The van der Waals surface area contributed by atoms with Gasteiger partial charge in [0, 0.05) is 17.8 Å². The topological polar surface area (TPSA) is 58.2 Å². The summed E-state index contributed by atoms with van der Waals surface area (Å²) in [5.41, 5.74) is 0.990. The van der Waals surface area contributed by atoms with E-state index in [2.05, 4.69) is 17.0 Å². The summed E-state index contributed by atoms with van der Waals surface area (Å²) in [6, 6.07) is 7.21. The van der Waals surface area contributed by atoms with Crippen LogP contribution in [-0.4, -0.2) is 33.0 Å². The monoisotopic (exact) mass is 330 g/mol. The molecule has 6 heteroatoms. The van der Waals surface area contributed by atoms with Crippen LogP contribution in [0.1, 0.15) is 38.8 Å². The van der Waals surface area contributed by atoms with E-state index in [-0.39, 0.29) is 12.1 Å². The Morgan fingerprint density at radius 2 is 2.00 bits per heavy atom. The fourth-order valence-electron chi connectivity index (χ4n) is 2.05. The van der Waals surface area contributed by atoms with Crippen molar-refractivity contribution >= 4 is 21.8 Å². The zero-order valence-corrected chi connectivity index (χ0v) is 14.9. The predicted octanol–water partition coefficient (Wildman–Crippen LogP) is 2.78. The summed E-state index contributed by atoms with van der Waals surface area (Å²) in [7, 11) is -3.45. The molecule has 1 aromatic carbocycles. The maximum atomic E-state index is 12.4. The van der Waals surface area contributed by atoms with Crippen LogP contribution in [0.4, 0.5) is 0 Å². The maximum absolute atomic E-state index is 12.4. The van der Waals surface area contributed by atoms with Gasteiger partial charge in [0.25, 0.3) is 0 Å². The minimum absolute atomic E-state index is 0.0794. The Kier molecular flexibility index (Phi) is 7.73. The first-order chi connectivity index (χ1) is 9.90. The molecule has 0 saturated carbocycles. The third-order valence-corrected chi connectivity index (χ3v) is 5.56. The van der Waals surface area contributed by atoms with Crippen LogP contribution in [0.5, 0.6) is 0 Å². The Labute approximate surface area is 133 Å². The van der Waals surface area contributed by atoms with Crippen LogP contribution in [0, 0.1) is 0 Å². The van der Waals surface area contributed by atoms with Gasteiger partial charge in [0.15, 0.2) is 0 Å². The van der Waals surface area contributed by atoms with Gasteiger partial charge >= 0.3 is 0 Å². The lowest BCUT2D eigenvalue weighted by atomic mass is 10.1. The Morgan fingerprint density at radius 1 is 1.29 bits per heavy atom. The fourth-order valence-corrected chi connectivity index (χ4v) is 4.03. The Balaban J connectivity index is 2.88. The fraction of sp³-hybridized carbons (Fsp3) is 0.600. The largest absolute Gasteiger partial charge is 0.310 e. The van der Waals surface area contributed by atoms with E-state index in [4.69, 9.17) is 0 Å². The van der Waals surface area contributed by atoms with Gasteiger partial charge < -0.3 is 5.32 Å². The average Bonchev–Trinajstić information content (AvgIpc) is 2.44. The molecule has 0 aliphatic carbocycles. The molecule has 0 heterocycles. The number of hydrogen-bond donors (Lipinski definition) is 2. The van der Waals surface area contributed by atoms with Gasteiger partial charge in [-0.1, -0.05) is 19.1 Å². The smallest absolute Gasteiger partial charge is 0.240 e. The van der Waals surface area contributed by atoms with E-state index >= 15 is 0 Å². The van der Waals surface area contributed by atoms with Gasteiger partial charge in [-0.05, 0) is 50.8 Å². The van der Waals surface area contributed by atoms with Crippen molar-refractivity contribution < 1.29 is 8.42 Å². The Morgan fingerprint density at radius 3 is 2.62 bits per heavy atom. The highest BCUT2D eigenvalue weighted by Gasteiger charge is 2.18. The number of thioether (sulfide) groups is 1. The molecule has 2 unspecified atom stereocenters. The molecule has 0 amide bonds. The third kappa shape index (κ3) is 5.98. The molecule has 2 atom stereocenters. The normalized spacial score (nSPS) is 14.9. The molecule has 0 bridgehead atoms. The van der Waals surface area contributed by atoms with Crippen molar-refractivity contribution in [3.05, 3.63) is 29.8 Å². The SMILES string of the molecule is CCCNC(C)c1cccc(S(=O)(=O)NC(C)CSC)c1. The molecule has 0 spiro atoms. The van der Waals surface area contributed by atoms with Crippen molar-refractivity contribution in [2.24, 2.45) is 0 Å². The summed E-state index contributed by atoms with van der Waals surface area (Å²) in [5.74, 6) is 0.757. The van der Waals surface area contributed by atoms with Crippen molar-refractivity contribution in [1.82, 2.24) is 10.0 Å². The van der Waals surface area contributed by atoms with Gasteiger partial charge in [0.1, 0.15) is 0 Å². The van der Waals surface area contributed by atoms with Crippen LogP contribution in [0.25, 0.3) is 0 Å².